The summed E-state index contributed by atoms with van der Waals surface area (Å²) in [6.07, 6.45) is 4.62. The third-order valence-corrected chi connectivity index (χ3v) is 3.48. The molecule has 4 N–H and O–H groups in total. The van der Waals surface area contributed by atoms with Gasteiger partial charge in [-0.1, -0.05) is 9.97 Å². The number of rotatable bonds is 10. The summed E-state index contributed by atoms with van der Waals surface area (Å²) in [5, 5.41) is 39.5. The van der Waals surface area contributed by atoms with Gasteiger partial charge in [0.25, 0.3) is 0 Å². The van der Waals surface area contributed by atoms with Crippen LogP contribution in [0, 0.1) is 20.2 Å². The van der Waals surface area contributed by atoms with Gasteiger partial charge in [-0.2, -0.15) is 0 Å². The van der Waals surface area contributed by atoms with Gasteiger partial charge >= 0.3 is 47.2 Å². The SMILES string of the molecule is [Cl][Pt+2][Cl].[NH-]CCC(O)Cn1ccnc1[N+](=O)[O-].[NH-]CCC(O)Cn1ccnc1[N+](=O)[O-]. The molecule has 14 nitrogen and oxygen atoms in total. The van der Waals surface area contributed by atoms with Gasteiger partial charge in [0, 0.05) is 0 Å². The first-order valence-electron chi connectivity index (χ1n) is 8.50. The number of halogens is 2. The molecule has 0 aliphatic rings. The summed E-state index contributed by atoms with van der Waals surface area (Å²) < 4.78 is 2.53. The molecule has 0 aromatic carbocycles. The molecule has 0 saturated heterocycles. The monoisotopic (exact) mass is 663 g/mol. The summed E-state index contributed by atoms with van der Waals surface area (Å²) >= 11 is -0.472. The second kappa shape index (κ2) is 17.0. The zero-order chi connectivity index (χ0) is 23.8. The normalized spacial score (nSPS) is 12.2. The fourth-order valence-electron chi connectivity index (χ4n) is 2.20. The Labute approximate surface area is 193 Å². The average molecular weight is 664 g/mol. The smallest absolute Gasteiger partial charge is 0.434 e. The van der Waals surface area contributed by atoms with Gasteiger partial charge in [0.05, 0.1) is 25.3 Å². The Kier molecular flexibility index (Phi) is 16.0. The fraction of sp³-hybridized carbons (Fsp3) is 0.571. The van der Waals surface area contributed by atoms with Crippen LogP contribution in [0.5, 0.6) is 0 Å². The van der Waals surface area contributed by atoms with Crippen molar-refractivity contribution in [3.05, 3.63) is 56.5 Å². The molecular weight excluding hydrogens is 642 g/mol. The molecule has 0 spiro atoms. The van der Waals surface area contributed by atoms with Crippen LogP contribution in [-0.4, -0.2) is 64.5 Å². The standard InChI is InChI=1S/2C7H11N4O3.2ClH.Pt/c2*8-2-1-6(12)5-10-4-3-9-7(10)11(13)14;;;/h2*3-4,6,8,12H,1-2,5H2;2*1H;/q2*-1;;;+4/p-2. The Morgan fingerprint density at radius 1 is 0.935 bits per heavy atom. The maximum absolute atomic E-state index is 10.4. The summed E-state index contributed by atoms with van der Waals surface area (Å²) in [5.74, 6) is -0.567. The van der Waals surface area contributed by atoms with E-state index in [2.05, 4.69) is 9.97 Å². The van der Waals surface area contributed by atoms with E-state index in [-0.39, 0.29) is 38.1 Å². The number of aliphatic hydroxyl groups excluding tert-OH is 2. The van der Waals surface area contributed by atoms with E-state index >= 15 is 0 Å². The molecule has 2 aromatic rings. The van der Waals surface area contributed by atoms with Crippen molar-refractivity contribution >= 4 is 30.7 Å². The van der Waals surface area contributed by atoms with Crippen molar-refractivity contribution in [2.24, 2.45) is 0 Å². The van der Waals surface area contributed by atoms with Crippen molar-refractivity contribution < 1.29 is 36.5 Å². The second-order valence-corrected chi connectivity index (χ2v) is 8.99. The van der Waals surface area contributed by atoms with Gasteiger partial charge in [-0.05, 0) is 22.7 Å². The van der Waals surface area contributed by atoms with Crippen molar-refractivity contribution in [1.82, 2.24) is 19.1 Å². The molecule has 2 unspecified atom stereocenters. The minimum Gasteiger partial charge on any atom is -0.677 e. The molecular formula is C14H22Cl2N8O6Pt. The molecule has 0 aliphatic carbocycles. The van der Waals surface area contributed by atoms with Gasteiger partial charge in [0.15, 0.2) is 0 Å². The van der Waals surface area contributed by atoms with E-state index in [1.165, 1.54) is 33.9 Å². The van der Waals surface area contributed by atoms with Gasteiger partial charge < -0.3 is 41.9 Å². The van der Waals surface area contributed by atoms with Crippen LogP contribution < -0.4 is 0 Å². The second-order valence-electron chi connectivity index (χ2n) is 5.70. The Morgan fingerprint density at radius 2 is 1.26 bits per heavy atom. The van der Waals surface area contributed by atoms with Gasteiger partial charge in [-0.15, -0.1) is 13.1 Å². The predicted octanol–water partition coefficient (Wildman–Crippen LogP) is 2.57. The van der Waals surface area contributed by atoms with E-state index in [9.17, 15) is 30.4 Å². The number of aromatic nitrogens is 4. The summed E-state index contributed by atoms with van der Waals surface area (Å²) in [6, 6.07) is 0. The van der Waals surface area contributed by atoms with E-state index in [1.54, 1.807) is 0 Å². The first-order valence-corrected chi connectivity index (χ1v) is 14.1. The number of nitrogens with one attached hydrogen (secondary N) is 2. The van der Waals surface area contributed by atoms with E-state index in [1.807, 2.05) is 0 Å². The maximum atomic E-state index is 10.4. The third kappa shape index (κ3) is 12.1. The first kappa shape index (κ1) is 29.3. The summed E-state index contributed by atoms with van der Waals surface area (Å²) in [7, 11) is 9.75. The van der Waals surface area contributed by atoms with Crippen LogP contribution in [0.25, 0.3) is 11.5 Å². The first-order chi connectivity index (χ1) is 14.7. The van der Waals surface area contributed by atoms with Crippen LogP contribution in [0.15, 0.2) is 24.8 Å². The number of nitro groups is 2. The minimum absolute atomic E-state index is 0.101. The molecule has 2 atom stereocenters. The molecule has 0 fully saturated rings. The van der Waals surface area contributed by atoms with Gasteiger partial charge in [0.2, 0.25) is 0 Å². The van der Waals surface area contributed by atoms with E-state index < -0.39 is 38.5 Å². The van der Waals surface area contributed by atoms with Gasteiger partial charge in [0.1, 0.15) is 24.8 Å². The van der Waals surface area contributed by atoms with Crippen molar-refractivity contribution in [2.75, 3.05) is 13.1 Å². The average Bonchev–Trinajstić information content (AvgIpc) is 3.32. The van der Waals surface area contributed by atoms with Crippen LogP contribution in [0.4, 0.5) is 11.9 Å². The van der Waals surface area contributed by atoms with Crippen LogP contribution in [0.1, 0.15) is 12.8 Å². The summed E-state index contributed by atoms with van der Waals surface area (Å²) in [5.41, 5.74) is 13.8. The molecule has 0 bridgehead atoms. The van der Waals surface area contributed by atoms with E-state index in [0.717, 1.165) is 0 Å². The molecule has 2 heterocycles. The zero-order valence-corrected chi connectivity index (χ0v) is 19.8. The molecule has 2 rings (SSSR count). The van der Waals surface area contributed by atoms with Crippen LogP contribution >= 0.6 is 18.8 Å². The van der Waals surface area contributed by atoms with Crippen LogP contribution in [0.2, 0.25) is 0 Å². The molecule has 0 amide bonds. The molecule has 0 saturated carbocycles. The molecule has 2 aromatic heterocycles. The minimum atomic E-state index is -0.736. The molecule has 178 valence electrons. The van der Waals surface area contributed by atoms with Crippen molar-refractivity contribution in [3.8, 4) is 0 Å². The predicted molar refractivity (Wildman–Crippen MR) is 109 cm³/mol. The quantitative estimate of drug-likeness (QED) is 0.284. The fourth-order valence-corrected chi connectivity index (χ4v) is 2.20. The zero-order valence-electron chi connectivity index (χ0n) is 16.0. The summed E-state index contributed by atoms with van der Waals surface area (Å²) in [4.78, 5) is 26.7. The maximum Gasteiger partial charge on any atom is 0.434 e. The van der Waals surface area contributed by atoms with Crippen LogP contribution in [-0.2, 0) is 29.6 Å². The topological polar surface area (TPSA) is 210 Å². The number of hydrogen-bond acceptors (Lipinski definition) is 8. The third-order valence-electron chi connectivity index (χ3n) is 3.48. The Balaban J connectivity index is 0.000000516. The number of hydrogen-bond donors (Lipinski definition) is 2. The van der Waals surface area contributed by atoms with Gasteiger partial charge in [-0.3, -0.25) is 0 Å². The van der Waals surface area contributed by atoms with Crippen molar-refractivity contribution in [1.29, 1.82) is 0 Å². The number of imidazole rings is 2. The Hall–Kier alpha value is -1.67. The Morgan fingerprint density at radius 3 is 1.52 bits per heavy atom. The molecule has 0 radical (unpaired) electrons. The van der Waals surface area contributed by atoms with E-state index in [0.29, 0.717) is 12.8 Å². The van der Waals surface area contributed by atoms with E-state index in [4.69, 9.17) is 30.3 Å². The Bertz CT molecular complexity index is 717. The molecule has 31 heavy (non-hydrogen) atoms. The van der Waals surface area contributed by atoms with Crippen molar-refractivity contribution in [3.63, 3.8) is 0 Å². The molecule has 17 heteroatoms. The summed E-state index contributed by atoms with van der Waals surface area (Å²) in [6.45, 7) is 0.414. The number of aliphatic hydroxyl groups is 2. The largest absolute Gasteiger partial charge is 0.677 e. The molecule has 0 aliphatic heterocycles. The van der Waals surface area contributed by atoms with Gasteiger partial charge in [-0.25, -0.2) is 9.13 Å². The van der Waals surface area contributed by atoms with Crippen molar-refractivity contribution in [2.45, 2.75) is 38.1 Å². The van der Waals surface area contributed by atoms with Crippen LogP contribution in [0.3, 0.4) is 0 Å². The number of nitrogens with zero attached hydrogens (tertiary/aromatic N) is 6.